The van der Waals surface area contributed by atoms with Gasteiger partial charge in [-0.05, 0) is 24.7 Å². The molecule has 1 saturated heterocycles. The molecule has 1 aliphatic rings. The molecule has 0 aromatic carbocycles. The molecule has 27 heavy (non-hydrogen) atoms. The van der Waals surface area contributed by atoms with Gasteiger partial charge in [0.25, 0.3) is 5.91 Å². The van der Waals surface area contributed by atoms with Crippen molar-refractivity contribution in [2.75, 3.05) is 7.05 Å². The summed E-state index contributed by atoms with van der Waals surface area (Å²) in [5.41, 5.74) is 0. The van der Waals surface area contributed by atoms with Crippen molar-refractivity contribution in [2.24, 2.45) is 17.7 Å². The summed E-state index contributed by atoms with van der Waals surface area (Å²) in [6.45, 7) is 7.69. The monoisotopic (exact) mass is 386 g/mol. The average molecular weight is 386 g/mol. The van der Waals surface area contributed by atoms with Gasteiger partial charge in [0.1, 0.15) is 12.1 Å². The van der Waals surface area contributed by atoms with E-state index in [0.29, 0.717) is 12.8 Å². The molecule has 0 spiro atoms. The zero-order valence-electron chi connectivity index (χ0n) is 16.4. The summed E-state index contributed by atoms with van der Waals surface area (Å²) in [6.07, 6.45) is -1.27. The van der Waals surface area contributed by atoms with E-state index in [2.05, 4.69) is 20.8 Å². The summed E-state index contributed by atoms with van der Waals surface area (Å²) in [4.78, 5) is 52.2. The number of hydrogen-bond acceptors (Lipinski definition) is 7. The van der Waals surface area contributed by atoms with E-state index in [1.165, 1.54) is 7.05 Å². The van der Waals surface area contributed by atoms with Crippen molar-refractivity contribution in [1.29, 1.82) is 0 Å². The van der Waals surface area contributed by atoms with Gasteiger partial charge in [0, 0.05) is 7.05 Å². The minimum atomic E-state index is -1.06. The fourth-order valence-electron chi connectivity index (χ4n) is 2.66. The molecule has 0 aromatic rings. The largest absolute Gasteiger partial charge is 0.371 e. The molecule has 10 nitrogen and oxygen atoms in total. The zero-order chi connectivity index (χ0) is 20.7. The molecule has 3 amide bonds. The molecule has 0 aliphatic carbocycles. The first kappa shape index (κ1) is 22.8. The lowest BCUT2D eigenvalue weighted by molar-refractivity contribution is -0.145. The van der Waals surface area contributed by atoms with Gasteiger partial charge in [-0.3, -0.25) is 14.4 Å². The zero-order valence-corrected chi connectivity index (χ0v) is 16.4. The quantitative estimate of drug-likeness (QED) is 0.277. The Bertz CT molecular complexity index is 566. The van der Waals surface area contributed by atoms with Gasteiger partial charge in [-0.15, -0.1) is 0 Å². The molecule has 10 heteroatoms. The van der Waals surface area contributed by atoms with Crippen LogP contribution in [0, 0.1) is 11.8 Å². The highest BCUT2D eigenvalue weighted by molar-refractivity contribution is 5.96. The van der Waals surface area contributed by atoms with Gasteiger partial charge >= 0.3 is 5.97 Å². The van der Waals surface area contributed by atoms with E-state index >= 15 is 0 Å². The minimum Gasteiger partial charge on any atom is -0.371 e. The maximum absolute atomic E-state index is 12.7. The number of hydrogen-bond donors (Lipinski definition) is 4. The van der Waals surface area contributed by atoms with E-state index in [0.717, 1.165) is 0 Å². The predicted octanol–water partition coefficient (Wildman–Crippen LogP) is -1.02. The van der Waals surface area contributed by atoms with Crippen LogP contribution in [-0.2, 0) is 28.8 Å². The number of nitrogens with two attached hydrogens (primary N) is 1. The first-order chi connectivity index (χ1) is 12.6. The van der Waals surface area contributed by atoms with Crippen molar-refractivity contribution in [2.45, 2.75) is 64.8 Å². The molecule has 0 aromatic heterocycles. The van der Waals surface area contributed by atoms with E-state index in [9.17, 15) is 19.2 Å². The first-order valence-electron chi connectivity index (χ1n) is 8.99. The van der Waals surface area contributed by atoms with Crippen molar-refractivity contribution in [3.8, 4) is 0 Å². The Labute approximate surface area is 158 Å². The van der Waals surface area contributed by atoms with E-state index < -0.39 is 42.1 Å². The molecule has 2 unspecified atom stereocenters. The van der Waals surface area contributed by atoms with Crippen LogP contribution in [0.2, 0.25) is 0 Å². The molecular formula is C17H30N4O6. The van der Waals surface area contributed by atoms with Crippen molar-refractivity contribution < 1.29 is 28.8 Å². The normalized spacial score (nSPS) is 20.6. The molecule has 0 saturated carbocycles. The molecule has 0 radical (unpaired) electrons. The van der Waals surface area contributed by atoms with E-state index in [1.807, 2.05) is 27.7 Å². The summed E-state index contributed by atoms with van der Waals surface area (Å²) in [6, 6.07) is -1.57. The van der Waals surface area contributed by atoms with Crippen molar-refractivity contribution in [3.63, 3.8) is 0 Å². The summed E-state index contributed by atoms with van der Waals surface area (Å²) in [7, 11) is 1.50. The highest BCUT2D eigenvalue weighted by Gasteiger charge is 2.52. The van der Waals surface area contributed by atoms with Crippen LogP contribution in [0.25, 0.3) is 0 Å². The van der Waals surface area contributed by atoms with Crippen LogP contribution in [0.15, 0.2) is 0 Å². The molecule has 0 bridgehead atoms. The highest BCUT2D eigenvalue weighted by Crippen LogP contribution is 2.23. The number of rotatable bonds is 10. The van der Waals surface area contributed by atoms with Gasteiger partial charge < -0.3 is 25.5 Å². The lowest BCUT2D eigenvalue weighted by Crippen LogP contribution is -2.54. The molecule has 1 fully saturated rings. The van der Waals surface area contributed by atoms with Crippen molar-refractivity contribution >= 4 is 23.7 Å². The van der Waals surface area contributed by atoms with Crippen molar-refractivity contribution in [3.05, 3.63) is 0 Å². The molecule has 1 rings (SSSR count). The third-order valence-corrected chi connectivity index (χ3v) is 4.03. The number of likely N-dealkylation sites (N-methyl/N-ethyl adjacent to an activating group) is 1. The first-order valence-corrected chi connectivity index (χ1v) is 8.99. The van der Waals surface area contributed by atoms with Crippen LogP contribution >= 0.6 is 0 Å². The Balaban J connectivity index is 2.77. The lowest BCUT2D eigenvalue weighted by atomic mass is 10.00. The Morgan fingerprint density at radius 1 is 0.926 bits per heavy atom. The molecule has 1 heterocycles. The number of nitrogens with one attached hydrogen (secondary N) is 3. The van der Waals surface area contributed by atoms with Gasteiger partial charge in [0.15, 0.2) is 12.2 Å². The predicted molar refractivity (Wildman–Crippen MR) is 95.8 cm³/mol. The fourth-order valence-corrected chi connectivity index (χ4v) is 2.66. The van der Waals surface area contributed by atoms with Gasteiger partial charge in [0.2, 0.25) is 11.8 Å². The summed E-state index contributed by atoms with van der Waals surface area (Å²) in [5.74, 6) is 2.83. The second kappa shape index (κ2) is 10.2. The second-order valence-electron chi connectivity index (χ2n) is 7.41. The Hall–Kier alpha value is -2.20. The number of carbonyl (C=O) groups is 4. The molecule has 4 atom stereocenters. The van der Waals surface area contributed by atoms with Crippen LogP contribution < -0.4 is 21.8 Å². The average Bonchev–Trinajstić information content (AvgIpc) is 3.39. The summed E-state index contributed by atoms with van der Waals surface area (Å²) >= 11 is 0. The Kier molecular flexibility index (Phi) is 8.64. The number of amides is 3. The fraction of sp³-hybridized carbons (Fsp3) is 0.765. The van der Waals surface area contributed by atoms with Crippen LogP contribution in [0.5, 0.6) is 0 Å². The minimum absolute atomic E-state index is 0.106. The SMILES string of the molecule is CNC(=O)[C@H](CC(C)C)NC(=O)[C@H](CC(C)C)NC(=O)C1OC1C(=O)ON. The molecular weight excluding hydrogens is 356 g/mol. The number of epoxide rings is 1. The third-order valence-electron chi connectivity index (χ3n) is 4.03. The van der Waals surface area contributed by atoms with Crippen LogP contribution in [0.3, 0.4) is 0 Å². The summed E-state index contributed by atoms with van der Waals surface area (Å²) < 4.78 is 4.94. The standard InChI is InChI=1S/C17H30N4O6/c1-8(2)6-10(14(22)19-5)20-15(23)11(7-9(3)4)21-16(24)12-13(26-12)17(25)27-18/h8-13H,6-7,18H2,1-5H3,(H,19,22)(H,20,23)(H,21,24)/t10-,11-,12?,13?/m0/s1. The smallest absolute Gasteiger partial charge is 0.357 e. The molecule has 154 valence electrons. The van der Waals surface area contributed by atoms with Gasteiger partial charge in [-0.25, -0.2) is 4.79 Å². The highest BCUT2D eigenvalue weighted by atomic mass is 16.7. The Morgan fingerprint density at radius 2 is 1.44 bits per heavy atom. The van der Waals surface area contributed by atoms with Crippen molar-refractivity contribution in [1.82, 2.24) is 16.0 Å². The van der Waals surface area contributed by atoms with E-state index in [-0.39, 0.29) is 17.7 Å². The topological polar surface area (TPSA) is 152 Å². The molecule has 5 N–H and O–H groups in total. The number of ether oxygens (including phenoxy) is 1. The molecule has 1 aliphatic heterocycles. The number of carbonyl (C=O) groups excluding carboxylic acids is 4. The maximum atomic E-state index is 12.7. The van der Waals surface area contributed by atoms with Gasteiger partial charge in [-0.1, -0.05) is 27.7 Å². The van der Waals surface area contributed by atoms with Gasteiger partial charge in [-0.2, -0.15) is 5.90 Å². The van der Waals surface area contributed by atoms with Gasteiger partial charge in [0.05, 0.1) is 0 Å². The van der Waals surface area contributed by atoms with Crippen LogP contribution in [0.1, 0.15) is 40.5 Å². The summed E-state index contributed by atoms with van der Waals surface area (Å²) in [5, 5.41) is 7.80. The third kappa shape index (κ3) is 7.14. The van der Waals surface area contributed by atoms with E-state index in [4.69, 9.17) is 10.6 Å². The van der Waals surface area contributed by atoms with E-state index in [1.54, 1.807) is 0 Å². The maximum Gasteiger partial charge on any atom is 0.357 e. The lowest BCUT2D eigenvalue weighted by Gasteiger charge is -2.24. The van der Waals surface area contributed by atoms with Crippen LogP contribution in [-0.4, -0.2) is 55.0 Å². The second-order valence-corrected chi connectivity index (χ2v) is 7.41. The Morgan fingerprint density at radius 3 is 1.89 bits per heavy atom. The van der Waals surface area contributed by atoms with Crippen LogP contribution in [0.4, 0.5) is 0 Å².